The monoisotopic (exact) mass is 307 g/mol. The van der Waals surface area contributed by atoms with Gasteiger partial charge < -0.3 is 11.1 Å². The van der Waals surface area contributed by atoms with E-state index in [2.05, 4.69) is 15.5 Å². The molecule has 0 saturated heterocycles. The molecule has 1 aliphatic carbocycles. The van der Waals surface area contributed by atoms with Gasteiger partial charge in [-0.2, -0.15) is 15.0 Å². The Labute approximate surface area is 129 Å². The third kappa shape index (κ3) is 3.22. The van der Waals surface area contributed by atoms with E-state index in [0.29, 0.717) is 11.3 Å². The molecule has 1 amide bonds. The summed E-state index contributed by atoms with van der Waals surface area (Å²) in [5.74, 6) is -0.125. The summed E-state index contributed by atoms with van der Waals surface area (Å²) in [5.41, 5.74) is 7.22. The van der Waals surface area contributed by atoms with E-state index in [-0.39, 0.29) is 30.4 Å². The smallest absolute Gasteiger partial charge is 0.253 e. The van der Waals surface area contributed by atoms with Gasteiger partial charge in [0.25, 0.3) is 5.91 Å². The number of aromatic nitrogens is 3. The lowest BCUT2D eigenvalue weighted by molar-refractivity contribution is 0.0934. The number of nitrogens with two attached hydrogens (primary N) is 1. The first-order valence-electron chi connectivity index (χ1n) is 6.78. The van der Waals surface area contributed by atoms with Crippen LogP contribution in [0, 0.1) is 0 Å². The Kier molecular flexibility index (Phi) is 4.93. The lowest BCUT2D eigenvalue weighted by Crippen LogP contribution is -2.44. The second-order valence-corrected chi connectivity index (χ2v) is 5.01. The molecule has 0 radical (unpaired) electrons. The third-order valence-electron chi connectivity index (χ3n) is 3.67. The highest BCUT2D eigenvalue weighted by atomic mass is 35.5. The van der Waals surface area contributed by atoms with Crippen molar-refractivity contribution in [2.45, 2.75) is 31.3 Å². The van der Waals surface area contributed by atoms with Crippen LogP contribution >= 0.6 is 12.4 Å². The molecule has 0 spiro atoms. The molecule has 1 heterocycles. The van der Waals surface area contributed by atoms with Crippen LogP contribution in [-0.2, 0) is 0 Å². The van der Waals surface area contributed by atoms with E-state index in [9.17, 15) is 4.79 Å². The SMILES string of the molecule is Cl.N[C@H]1CCC[C@H]1NC(=O)c1ccccc1-n1nccn1. The summed E-state index contributed by atoms with van der Waals surface area (Å²) in [6.45, 7) is 0. The van der Waals surface area contributed by atoms with E-state index in [0.717, 1.165) is 19.3 Å². The van der Waals surface area contributed by atoms with Crippen molar-refractivity contribution in [2.75, 3.05) is 0 Å². The van der Waals surface area contributed by atoms with Gasteiger partial charge in [0.1, 0.15) is 0 Å². The molecule has 1 aromatic heterocycles. The molecule has 1 aromatic carbocycles. The number of nitrogens with zero attached hydrogens (tertiary/aromatic N) is 3. The molecular weight excluding hydrogens is 290 g/mol. The van der Waals surface area contributed by atoms with Gasteiger partial charge in [-0.25, -0.2) is 0 Å². The van der Waals surface area contributed by atoms with Crippen molar-refractivity contribution in [2.24, 2.45) is 5.73 Å². The van der Waals surface area contributed by atoms with Crippen LogP contribution in [0.4, 0.5) is 0 Å². The van der Waals surface area contributed by atoms with Crippen molar-refractivity contribution in [1.29, 1.82) is 0 Å². The molecule has 1 saturated carbocycles. The summed E-state index contributed by atoms with van der Waals surface area (Å²) in [6.07, 6.45) is 6.14. The number of para-hydroxylation sites is 1. The first kappa shape index (κ1) is 15.5. The van der Waals surface area contributed by atoms with Crippen molar-refractivity contribution in [3.8, 4) is 5.69 Å². The zero-order valence-corrected chi connectivity index (χ0v) is 12.3. The minimum atomic E-state index is -0.125. The Morgan fingerprint density at radius 2 is 1.95 bits per heavy atom. The molecule has 3 N–H and O–H groups in total. The minimum absolute atomic E-state index is 0. The maximum absolute atomic E-state index is 12.4. The van der Waals surface area contributed by atoms with Crippen molar-refractivity contribution < 1.29 is 4.79 Å². The van der Waals surface area contributed by atoms with Crippen LogP contribution in [0.1, 0.15) is 29.6 Å². The Morgan fingerprint density at radius 3 is 2.62 bits per heavy atom. The van der Waals surface area contributed by atoms with E-state index in [1.165, 1.54) is 4.80 Å². The van der Waals surface area contributed by atoms with Gasteiger partial charge in [0.2, 0.25) is 0 Å². The van der Waals surface area contributed by atoms with Gasteiger partial charge in [0, 0.05) is 12.1 Å². The number of hydrogen-bond donors (Lipinski definition) is 2. The summed E-state index contributed by atoms with van der Waals surface area (Å²) >= 11 is 0. The largest absolute Gasteiger partial charge is 0.348 e. The van der Waals surface area contributed by atoms with Crippen LogP contribution in [0.2, 0.25) is 0 Å². The number of carbonyl (C=O) groups is 1. The van der Waals surface area contributed by atoms with E-state index in [1.807, 2.05) is 18.2 Å². The fraction of sp³-hybridized carbons (Fsp3) is 0.357. The summed E-state index contributed by atoms with van der Waals surface area (Å²) in [7, 11) is 0. The van der Waals surface area contributed by atoms with Crippen LogP contribution in [0.3, 0.4) is 0 Å². The van der Waals surface area contributed by atoms with Gasteiger partial charge in [0.05, 0.1) is 23.6 Å². The van der Waals surface area contributed by atoms with Gasteiger partial charge in [-0.3, -0.25) is 4.79 Å². The van der Waals surface area contributed by atoms with Crippen LogP contribution in [0.5, 0.6) is 0 Å². The second kappa shape index (κ2) is 6.69. The van der Waals surface area contributed by atoms with Crippen molar-refractivity contribution in [3.05, 3.63) is 42.2 Å². The van der Waals surface area contributed by atoms with Gasteiger partial charge in [-0.1, -0.05) is 12.1 Å². The highest BCUT2D eigenvalue weighted by Crippen LogP contribution is 2.19. The number of nitrogens with one attached hydrogen (secondary N) is 1. The molecule has 3 rings (SSSR count). The molecule has 112 valence electrons. The van der Waals surface area contributed by atoms with Gasteiger partial charge in [-0.15, -0.1) is 12.4 Å². The van der Waals surface area contributed by atoms with Crippen LogP contribution in [0.25, 0.3) is 5.69 Å². The van der Waals surface area contributed by atoms with Crippen molar-refractivity contribution >= 4 is 18.3 Å². The first-order chi connectivity index (χ1) is 9.75. The summed E-state index contributed by atoms with van der Waals surface area (Å²) < 4.78 is 0. The molecule has 1 fully saturated rings. The molecule has 0 aliphatic heterocycles. The zero-order valence-electron chi connectivity index (χ0n) is 11.5. The maximum atomic E-state index is 12.4. The predicted octanol–water partition coefficient (Wildman–Crippen LogP) is 1.30. The number of hydrogen-bond acceptors (Lipinski definition) is 4. The average molecular weight is 308 g/mol. The lowest BCUT2D eigenvalue weighted by Gasteiger charge is -2.18. The van der Waals surface area contributed by atoms with Crippen molar-refractivity contribution in [3.63, 3.8) is 0 Å². The molecule has 2 aromatic rings. The average Bonchev–Trinajstić information content (AvgIpc) is 3.11. The standard InChI is InChI=1S/C14H17N5O.ClH/c15-11-5-3-6-12(11)18-14(20)10-4-1-2-7-13(10)19-16-8-9-17-19;/h1-2,4,7-9,11-12H,3,5-6,15H2,(H,18,20);1H/t11-,12+;/m0./s1. The van der Waals surface area contributed by atoms with Gasteiger partial charge >= 0.3 is 0 Å². The molecule has 0 unspecified atom stereocenters. The molecule has 7 heteroatoms. The summed E-state index contributed by atoms with van der Waals surface area (Å²) in [5, 5.41) is 11.2. The van der Waals surface area contributed by atoms with Gasteiger partial charge in [0.15, 0.2) is 0 Å². The number of carbonyl (C=O) groups excluding carboxylic acids is 1. The highest BCUT2D eigenvalue weighted by molar-refractivity contribution is 5.97. The van der Waals surface area contributed by atoms with E-state index in [4.69, 9.17) is 5.73 Å². The van der Waals surface area contributed by atoms with Crippen LogP contribution in [-0.4, -0.2) is 33.0 Å². The topological polar surface area (TPSA) is 85.8 Å². The number of halogens is 1. The Morgan fingerprint density at radius 1 is 1.24 bits per heavy atom. The third-order valence-corrected chi connectivity index (χ3v) is 3.67. The fourth-order valence-electron chi connectivity index (χ4n) is 2.59. The lowest BCUT2D eigenvalue weighted by atomic mass is 10.1. The van der Waals surface area contributed by atoms with E-state index in [1.54, 1.807) is 18.5 Å². The quantitative estimate of drug-likeness (QED) is 0.895. The minimum Gasteiger partial charge on any atom is -0.348 e. The molecule has 21 heavy (non-hydrogen) atoms. The summed E-state index contributed by atoms with van der Waals surface area (Å²) in [6, 6.07) is 7.39. The molecule has 1 aliphatic rings. The summed E-state index contributed by atoms with van der Waals surface area (Å²) in [4.78, 5) is 13.9. The first-order valence-corrected chi connectivity index (χ1v) is 6.78. The predicted molar refractivity (Wildman–Crippen MR) is 81.7 cm³/mol. The molecular formula is C14H18ClN5O. The van der Waals surface area contributed by atoms with Crippen molar-refractivity contribution in [1.82, 2.24) is 20.3 Å². The zero-order chi connectivity index (χ0) is 13.9. The van der Waals surface area contributed by atoms with E-state index >= 15 is 0 Å². The van der Waals surface area contributed by atoms with Gasteiger partial charge in [-0.05, 0) is 31.4 Å². The van der Waals surface area contributed by atoms with Crippen LogP contribution < -0.4 is 11.1 Å². The molecule has 0 bridgehead atoms. The number of amides is 1. The molecule has 2 atom stereocenters. The Bertz CT molecular complexity index is 601. The fourth-order valence-corrected chi connectivity index (χ4v) is 2.59. The normalized spacial score (nSPS) is 20.8. The van der Waals surface area contributed by atoms with Crippen LogP contribution in [0.15, 0.2) is 36.7 Å². The second-order valence-electron chi connectivity index (χ2n) is 5.01. The number of benzene rings is 1. The van der Waals surface area contributed by atoms with E-state index < -0.39 is 0 Å². The Balaban J connectivity index is 0.00000161. The highest BCUT2D eigenvalue weighted by Gasteiger charge is 2.26. The molecule has 6 nitrogen and oxygen atoms in total. The number of rotatable bonds is 3. The maximum Gasteiger partial charge on any atom is 0.253 e. The Hall–Kier alpha value is -1.92.